The molecule has 0 unspecified atom stereocenters. The Labute approximate surface area is 69.9 Å². The van der Waals surface area contributed by atoms with Gasteiger partial charge in [-0.1, -0.05) is 0 Å². The van der Waals surface area contributed by atoms with Crippen molar-refractivity contribution >= 4 is 39.6 Å². The zero-order chi connectivity index (χ0) is 7.15. The van der Waals surface area contributed by atoms with Gasteiger partial charge in [0.15, 0.2) is 0 Å². The van der Waals surface area contributed by atoms with Gasteiger partial charge in [-0.2, -0.15) is 0 Å². The van der Waals surface area contributed by atoms with Crippen molar-refractivity contribution in [2.75, 3.05) is 0 Å². The summed E-state index contributed by atoms with van der Waals surface area (Å²) >= 11 is 0. The van der Waals surface area contributed by atoms with Crippen molar-refractivity contribution in [3.8, 4) is 0 Å². The number of hydrogen-bond acceptors (Lipinski definition) is 2. The summed E-state index contributed by atoms with van der Waals surface area (Å²) in [6, 6.07) is 0. The average Bonchev–Trinajstić information content (AvgIpc) is 1.25. The van der Waals surface area contributed by atoms with Crippen LogP contribution in [-0.4, -0.2) is 60.0 Å². The molecule has 0 aromatic rings. The Morgan fingerprint density at radius 2 is 0.778 bits per heavy atom. The minimum atomic E-state index is -1.83. The molecule has 0 aliphatic carbocycles. The standard InChI is InChI=1S/2CH2O3.Pb.2H/c2*2-1(3)4;;;/h2*(H2,2,3,4);;;. The molecule has 6 nitrogen and oxygen atoms in total. The van der Waals surface area contributed by atoms with Gasteiger partial charge in [-0.15, -0.1) is 0 Å². The molecule has 9 heavy (non-hydrogen) atoms. The van der Waals surface area contributed by atoms with Crippen molar-refractivity contribution in [3.05, 3.63) is 0 Å². The Morgan fingerprint density at radius 1 is 0.778 bits per heavy atom. The van der Waals surface area contributed by atoms with E-state index in [1.807, 2.05) is 0 Å². The van der Waals surface area contributed by atoms with Crippen LogP contribution in [0.25, 0.3) is 0 Å². The van der Waals surface area contributed by atoms with E-state index in [1.165, 1.54) is 0 Å². The van der Waals surface area contributed by atoms with Crippen LogP contribution in [0, 0.1) is 0 Å². The molecule has 0 rings (SSSR count). The van der Waals surface area contributed by atoms with Gasteiger partial charge < -0.3 is 20.4 Å². The zero-order valence-electron chi connectivity index (χ0n) is 4.31. The van der Waals surface area contributed by atoms with Gasteiger partial charge in [0.2, 0.25) is 0 Å². The van der Waals surface area contributed by atoms with Crippen LogP contribution in [0.3, 0.4) is 0 Å². The third kappa shape index (κ3) is 769. The molecule has 0 aromatic heterocycles. The average molecular weight is 333 g/mol. The first-order chi connectivity index (χ1) is 3.46. The minimum absolute atomic E-state index is 0. The molecule has 0 aliphatic heterocycles. The first-order valence-corrected chi connectivity index (χ1v) is 1.30. The summed E-state index contributed by atoms with van der Waals surface area (Å²) in [5, 5.41) is 27.9. The number of rotatable bonds is 0. The second kappa shape index (κ2) is 10.4. The second-order valence-electron chi connectivity index (χ2n) is 0.565. The monoisotopic (exact) mass is 334 g/mol. The van der Waals surface area contributed by atoms with Crippen LogP contribution < -0.4 is 0 Å². The van der Waals surface area contributed by atoms with E-state index >= 15 is 0 Å². The second-order valence-corrected chi connectivity index (χ2v) is 0.565. The summed E-state index contributed by atoms with van der Waals surface area (Å²) in [6.45, 7) is 0. The van der Waals surface area contributed by atoms with Crippen molar-refractivity contribution in [1.29, 1.82) is 0 Å². The van der Waals surface area contributed by atoms with Crippen molar-refractivity contribution in [2.24, 2.45) is 0 Å². The molecule has 0 amide bonds. The van der Waals surface area contributed by atoms with Crippen LogP contribution in [0.4, 0.5) is 9.59 Å². The zero-order valence-corrected chi connectivity index (χ0v) is 9.81. The van der Waals surface area contributed by atoms with Crippen LogP contribution in [0.1, 0.15) is 0 Å². The van der Waals surface area contributed by atoms with Gasteiger partial charge in [-0.3, -0.25) is 0 Å². The van der Waals surface area contributed by atoms with E-state index < -0.39 is 12.3 Å². The van der Waals surface area contributed by atoms with Gasteiger partial charge in [-0.05, 0) is 0 Å². The van der Waals surface area contributed by atoms with Crippen LogP contribution in [0.2, 0.25) is 0 Å². The molecule has 0 saturated heterocycles. The fourth-order valence-corrected chi connectivity index (χ4v) is 0. The van der Waals surface area contributed by atoms with Crippen LogP contribution in [-0.2, 0) is 0 Å². The summed E-state index contributed by atoms with van der Waals surface area (Å²) in [5.74, 6) is 0. The topological polar surface area (TPSA) is 115 Å². The molecule has 0 aliphatic rings. The molecule has 2 radical (unpaired) electrons. The summed E-state index contributed by atoms with van der Waals surface area (Å²) in [7, 11) is 0. The van der Waals surface area contributed by atoms with Crippen molar-refractivity contribution in [2.45, 2.75) is 0 Å². The van der Waals surface area contributed by atoms with Crippen molar-refractivity contribution < 1.29 is 30.0 Å². The van der Waals surface area contributed by atoms with E-state index in [-0.39, 0.29) is 27.3 Å². The Kier molecular flexibility index (Phi) is 18.3. The van der Waals surface area contributed by atoms with Crippen molar-refractivity contribution in [3.63, 3.8) is 0 Å². The summed E-state index contributed by atoms with van der Waals surface area (Å²) in [4.78, 5) is 17.1. The Hall–Kier alpha value is -0.538. The van der Waals surface area contributed by atoms with E-state index in [9.17, 15) is 0 Å². The SMILES string of the molecule is O=C(O)O.O=C(O)O.[PbH2]. The first kappa shape index (κ1) is 15.8. The Bertz CT molecular complexity index is 69.1. The van der Waals surface area contributed by atoms with E-state index in [2.05, 4.69) is 0 Å². The van der Waals surface area contributed by atoms with Crippen LogP contribution in [0.5, 0.6) is 0 Å². The van der Waals surface area contributed by atoms with Gasteiger partial charge in [0.05, 0.1) is 0 Å². The van der Waals surface area contributed by atoms with Crippen LogP contribution >= 0.6 is 0 Å². The quantitative estimate of drug-likeness (QED) is 0.446. The number of carbonyl (C=O) groups is 2. The van der Waals surface area contributed by atoms with Gasteiger partial charge >= 0.3 is 39.6 Å². The van der Waals surface area contributed by atoms with E-state index in [4.69, 9.17) is 30.0 Å². The third-order valence-electron chi connectivity index (χ3n) is 0. The normalized spacial score (nSPS) is 5.33. The predicted molar refractivity (Wildman–Crippen MR) is 29.9 cm³/mol. The molecule has 0 saturated carbocycles. The fourth-order valence-electron chi connectivity index (χ4n) is 0. The Morgan fingerprint density at radius 3 is 0.778 bits per heavy atom. The Balaban J connectivity index is -0.0000000720. The van der Waals surface area contributed by atoms with Crippen molar-refractivity contribution in [1.82, 2.24) is 0 Å². The molecule has 0 atom stereocenters. The molecule has 7 heteroatoms. The molecule has 0 fully saturated rings. The summed E-state index contributed by atoms with van der Waals surface area (Å²) in [6.07, 6.45) is -3.67. The molecular formula is C2H6O6Pb. The van der Waals surface area contributed by atoms with Gasteiger partial charge in [-0.25, -0.2) is 9.59 Å². The molecule has 0 bridgehead atoms. The van der Waals surface area contributed by atoms with Gasteiger partial charge in [0, 0.05) is 0 Å². The molecule has 4 N–H and O–H groups in total. The van der Waals surface area contributed by atoms with E-state index in [1.54, 1.807) is 0 Å². The fraction of sp³-hybridized carbons (Fsp3) is 0. The van der Waals surface area contributed by atoms with Crippen LogP contribution in [0.15, 0.2) is 0 Å². The molecule has 0 heterocycles. The first-order valence-electron chi connectivity index (χ1n) is 1.30. The third-order valence-corrected chi connectivity index (χ3v) is 0. The number of carboxylic acid groups (broad SMARTS) is 4. The van der Waals surface area contributed by atoms with E-state index in [0.29, 0.717) is 0 Å². The number of hydrogen-bond donors (Lipinski definition) is 4. The van der Waals surface area contributed by atoms with Gasteiger partial charge in [0.25, 0.3) is 0 Å². The summed E-state index contributed by atoms with van der Waals surface area (Å²) < 4.78 is 0. The molecule has 0 spiro atoms. The van der Waals surface area contributed by atoms with E-state index in [0.717, 1.165) is 0 Å². The molecule has 0 aromatic carbocycles. The molecular weight excluding hydrogens is 327 g/mol. The summed E-state index contributed by atoms with van der Waals surface area (Å²) in [5.41, 5.74) is 0. The maximum absolute atomic E-state index is 8.56. The van der Waals surface area contributed by atoms with Gasteiger partial charge in [0.1, 0.15) is 0 Å². The molecule has 54 valence electrons. The predicted octanol–water partition coefficient (Wildman–Crippen LogP) is -0.471. The maximum atomic E-state index is 8.56.